The van der Waals surface area contributed by atoms with Crippen LogP contribution in [0.25, 0.3) is 5.69 Å². The summed E-state index contributed by atoms with van der Waals surface area (Å²) < 4.78 is 8.25. The first-order valence-corrected chi connectivity index (χ1v) is 7.39. The Hall–Kier alpha value is -1.24. The summed E-state index contributed by atoms with van der Waals surface area (Å²) in [6.07, 6.45) is 0. The van der Waals surface area contributed by atoms with Gasteiger partial charge in [0, 0.05) is 0 Å². The number of anilines is 1. The molecule has 1 aromatic heterocycles. The molecule has 0 radical (unpaired) electrons. The molecule has 0 aliphatic rings. The van der Waals surface area contributed by atoms with E-state index in [-0.39, 0.29) is 0 Å². The van der Waals surface area contributed by atoms with Crippen molar-refractivity contribution in [1.29, 1.82) is 0 Å². The van der Waals surface area contributed by atoms with Gasteiger partial charge in [-0.05, 0) is 59.7 Å². The Bertz CT molecular complexity index is 561. The van der Waals surface area contributed by atoms with Crippen LogP contribution in [0.4, 0.5) is 5.82 Å². The van der Waals surface area contributed by atoms with Crippen molar-refractivity contribution in [3.05, 3.63) is 33.5 Å². The zero-order valence-corrected chi connectivity index (χ0v) is 13.5. The van der Waals surface area contributed by atoms with Crippen molar-refractivity contribution in [1.82, 2.24) is 9.78 Å². The molecular weight excluding hydrogens is 353 g/mol. The van der Waals surface area contributed by atoms with E-state index < -0.39 is 0 Å². The number of halogens is 1. The van der Waals surface area contributed by atoms with Crippen LogP contribution in [-0.2, 0) is 0 Å². The molecule has 2 N–H and O–H groups in total. The van der Waals surface area contributed by atoms with Crippen LogP contribution in [0.3, 0.4) is 0 Å². The zero-order valence-electron chi connectivity index (χ0n) is 11.4. The van der Waals surface area contributed by atoms with Gasteiger partial charge in [0.15, 0.2) is 0 Å². The standard InChI is InChI=1S/C14H18IN3O/c1-4-19-11-7-5-10(6-8-11)18-14(16)12(15)13(17-18)9(2)3/h5-9H,4,16H2,1-3H3. The Labute approximate surface area is 127 Å². The van der Waals surface area contributed by atoms with E-state index in [1.807, 2.05) is 31.2 Å². The van der Waals surface area contributed by atoms with E-state index in [1.54, 1.807) is 4.68 Å². The smallest absolute Gasteiger partial charge is 0.141 e. The minimum absolute atomic E-state index is 0.359. The summed E-state index contributed by atoms with van der Waals surface area (Å²) in [5.74, 6) is 1.90. The number of hydrogen-bond acceptors (Lipinski definition) is 3. The van der Waals surface area contributed by atoms with Crippen LogP contribution >= 0.6 is 22.6 Å². The third-order valence-corrected chi connectivity index (χ3v) is 3.93. The molecule has 0 spiro atoms. The summed E-state index contributed by atoms with van der Waals surface area (Å²) in [7, 11) is 0. The first-order chi connectivity index (χ1) is 9.04. The summed E-state index contributed by atoms with van der Waals surface area (Å²) in [6.45, 7) is 6.87. The van der Waals surface area contributed by atoms with E-state index in [9.17, 15) is 0 Å². The molecule has 0 saturated carbocycles. The first kappa shape index (κ1) is 14.2. The lowest BCUT2D eigenvalue weighted by atomic mass is 10.1. The molecule has 1 heterocycles. The second-order valence-electron chi connectivity index (χ2n) is 4.58. The quantitative estimate of drug-likeness (QED) is 0.836. The maximum absolute atomic E-state index is 6.13. The van der Waals surface area contributed by atoms with Crippen LogP contribution in [0, 0.1) is 3.57 Å². The third kappa shape index (κ3) is 2.86. The van der Waals surface area contributed by atoms with E-state index in [0.717, 1.165) is 20.7 Å². The minimum atomic E-state index is 0.359. The second-order valence-corrected chi connectivity index (χ2v) is 5.66. The fourth-order valence-corrected chi connectivity index (χ4v) is 2.80. The van der Waals surface area contributed by atoms with Gasteiger partial charge in [-0.15, -0.1) is 0 Å². The van der Waals surface area contributed by atoms with E-state index in [2.05, 4.69) is 41.5 Å². The van der Waals surface area contributed by atoms with Gasteiger partial charge in [0.2, 0.25) is 0 Å². The SMILES string of the molecule is CCOc1ccc(-n2nc(C(C)C)c(I)c2N)cc1. The summed E-state index contributed by atoms with van der Waals surface area (Å²) in [6, 6.07) is 7.80. The number of nitrogens with zero attached hydrogens (tertiary/aromatic N) is 2. The predicted molar refractivity (Wildman–Crippen MR) is 86.0 cm³/mol. The summed E-state index contributed by atoms with van der Waals surface area (Å²) in [4.78, 5) is 0. The van der Waals surface area contributed by atoms with Crippen molar-refractivity contribution >= 4 is 28.4 Å². The van der Waals surface area contributed by atoms with Crippen LogP contribution < -0.4 is 10.5 Å². The van der Waals surface area contributed by atoms with Crippen molar-refractivity contribution in [2.75, 3.05) is 12.3 Å². The molecule has 102 valence electrons. The molecule has 0 aliphatic heterocycles. The monoisotopic (exact) mass is 371 g/mol. The van der Waals surface area contributed by atoms with Gasteiger partial charge in [-0.25, -0.2) is 4.68 Å². The predicted octanol–water partition coefficient (Wildman–Crippen LogP) is 3.58. The van der Waals surface area contributed by atoms with Gasteiger partial charge >= 0.3 is 0 Å². The lowest BCUT2D eigenvalue weighted by Crippen LogP contribution is -2.02. The largest absolute Gasteiger partial charge is 0.494 e. The van der Waals surface area contributed by atoms with Gasteiger partial charge in [-0.3, -0.25) is 0 Å². The highest BCUT2D eigenvalue weighted by Gasteiger charge is 2.16. The lowest BCUT2D eigenvalue weighted by molar-refractivity contribution is 0.340. The number of ether oxygens (including phenoxy) is 1. The van der Waals surface area contributed by atoms with Crippen LogP contribution in [0.5, 0.6) is 5.75 Å². The molecule has 1 aromatic carbocycles. The zero-order chi connectivity index (χ0) is 14.0. The highest BCUT2D eigenvalue weighted by atomic mass is 127. The first-order valence-electron chi connectivity index (χ1n) is 6.31. The van der Waals surface area contributed by atoms with E-state index in [1.165, 1.54) is 0 Å². The molecule has 4 nitrogen and oxygen atoms in total. The number of benzene rings is 1. The van der Waals surface area contributed by atoms with Gasteiger partial charge in [-0.1, -0.05) is 13.8 Å². The molecule has 0 saturated heterocycles. The van der Waals surface area contributed by atoms with Crippen molar-refractivity contribution in [3.63, 3.8) is 0 Å². The highest BCUT2D eigenvalue weighted by molar-refractivity contribution is 14.1. The molecule has 5 heteroatoms. The molecule has 2 rings (SSSR count). The fraction of sp³-hybridized carbons (Fsp3) is 0.357. The molecule has 0 bridgehead atoms. The number of nitrogen functional groups attached to an aromatic ring is 1. The van der Waals surface area contributed by atoms with Gasteiger partial charge in [0.1, 0.15) is 11.6 Å². The lowest BCUT2D eigenvalue weighted by Gasteiger charge is -2.06. The Kier molecular flexibility index (Phi) is 4.34. The number of hydrogen-bond donors (Lipinski definition) is 1. The average molecular weight is 371 g/mol. The molecular formula is C14H18IN3O. The molecule has 0 fully saturated rings. The molecule has 0 amide bonds. The molecule has 0 atom stereocenters. The Morgan fingerprint density at radius 3 is 2.42 bits per heavy atom. The van der Waals surface area contributed by atoms with E-state index in [4.69, 9.17) is 10.5 Å². The Balaban J connectivity index is 2.39. The van der Waals surface area contributed by atoms with Crippen LogP contribution in [-0.4, -0.2) is 16.4 Å². The highest BCUT2D eigenvalue weighted by Crippen LogP contribution is 2.28. The topological polar surface area (TPSA) is 53.1 Å². The van der Waals surface area contributed by atoms with E-state index >= 15 is 0 Å². The normalized spacial score (nSPS) is 11.0. The van der Waals surface area contributed by atoms with Crippen molar-refractivity contribution in [2.45, 2.75) is 26.7 Å². The molecule has 19 heavy (non-hydrogen) atoms. The van der Waals surface area contributed by atoms with Crippen molar-refractivity contribution in [3.8, 4) is 11.4 Å². The van der Waals surface area contributed by atoms with Gasteiger partial charge in [0.25, 0.3) is 0 Å². The molecule has 0 aliphatic carbocycles. The molecule has 2 aromatic rings. The van der Waals surface area contributed by atoms with Crippen molar-refractivity contribution < 1.29 is 4.74 Å². The Morgan fingerprint density at radius 2 is 1.95 bits per heavy atom. The summed E-state index contributed by atoms with van der Waals surface area (Å²) >= 11 is 2.25. The number of rotatable bonds is 4. The average Bonchev–Trinajstić information content (AvgIpc) is 2.68. The number of nitrogens with two attached hydrogens (primary N) is 1. The number of aromatic nitrogens is 2. The third-order valence-electron chi connectivity index (χ3n) is 2.82. The van der Waals surface area contributed by atoms with Crippen molar-refractivity contribution in [2.24, 2.45) is 0 Å². The molecule has 0 unspecified atom stereocenters. The fourth-order valence-electron chi connectivity index (χ4n) is 1.85. The van der Waals surface area contributed by atoms with Gasteiger partial charge in [0.05, 0.1) is 21.6 Å². The van der Waals surface area contributed by atoms with E-state index in [0.29, 0.717) is 18.3 Å². The van der Waals surface area contributed by atoms with Crippen LogP contribution in [0.1, 0.15) is 32.4 Å². The van der Waals surface area contributed by atoms with Gasteiger partial charge in [-0.2, -0.15) is 5.10 Å². The minimum Gasteiger partial charge on any atom is -0.494 e. The summed E-state index contributed by atoms with van der Waals surface area (Å²) in [5, 5.41) is 4.60. The van der Waals surface area contributed by atoms with Crippen LogP contribution in [0.2, 0.25) is 0 Å². The van der Waals surface area contributed by atoms with Crippen LogP contribution in [0.15, 0.2) is 24.3 Å². The Morgan fingerprint density at radius 1 is 1.32 bits per heavy atom. The maximum Gasteiger partial charge on any atom is 0.141 e. The van der Waals surface area contributed by atoms with Gasteiger partial charge < -0.3 is 10.5 Å². The maximum atomic E-state index is 6.13. The summed E-state index contributed by atoms with van der Waals surface area (Å²) in [5.41, 5.74) is 8.12. The second kappa shape index (κ2) is 5.81.